The van der Waals surface area contributed by atoms with Crippen LogP contribution in [-0.2, 0) is 33.2 Å². The monoisotopic (exact) mass is 439 g/mol. The second kappa shape index (κ2) is 9.64. The number of carbonyl (C=O) groups is 1. The van der Waals surface area contributed by atoms with Crippen LogP contribution in [0.15, 0.2) is 29.2 Å². The maximum atomic E-state index is 12.4. The molecule has 160 valence electrons. The van der Waals surface area contributed by atoms with E-state index in [1.807, 2.05) is 23.6 Å². The molecule has 1 amide bonds. The molecule has 0 atom stereocenters. The van der Waals surface area contributed by atoms with Crippen LogP contribution in [-0.4, -0.2) is 42.2 Å². The number of hydrogen-bond acceptors (Lipinski definition) is 5. The number of H-pyrrole nitrogens is 1. The fourth-order valence-corrected chi connectivity index (χ4v) is 4.10. The van der Waals surface area contributed by atoms with Crippen LogP contribution in [0.1, 0.15) is 45.5 Å². The minimum absolute atomic E-state index is 0.0306. The van der Waals surface area contributed by atoms with Crippen LogP contribution in [0, 0.1) is 4.77 Å². The first kappa shape index (κ1) is 23.2. The van der Waals surface area contributed by atoms with Crippen molar-refractivity contribution in [3.63, 3.8) is 0 Å². The van der Waals surface area contributed by atoms with E-state index in [0.29, 0.717) is 24.3 Å². The van der Waals surface area contributed by atoms with Crippen molar-refractivity contribution in [3.05, 3.63) is 40.4 Å². The predicted octanol–water partition coefficient (Wildman–Crippen LogP) is 2.29. The van der Waals surface area contributed by atoms with Gasteiger partial charge in [0.1, 0.15) is 5.82 Å². The molecule has 29 heavy (non-hydrogen) atoms. The Balaban J connectivity index is 1.79. The average molecular weight is 440 g/mol. The van der Waals surface area contributed by atoms with Crippen LogP contribution in [0.3, 0.4) is 0 Å². The number of nitrogens with zero attached hydrogens (tertiary/aromatic N) is 2. The molecule has 1 aromatic heterocycles. The zero-order chi connectivity index (χ0) is 21.7. The molecule has 8 nitrogen and oxygen atoms in total. The summed E-state index contributed by atoms with van der Waals surface area (Å²) in [5.74, 6) is 0.546. The third-order valence-corrected chi connectivity index (χ3v) is 6.29. The maximum absolute atomic E-state index is 12.4. The highest BCUT2D eigenvalue weighted by Crippen LogP contribution is 2.23. The Morgan fingerprint density at radius 3 is 2.45 bits per heavy atom. The Bertz CT molecular complexity index is 986. The van der Waals surface area contributed by atoms with E-state index in [9.17, 15) is 13.2 Å². The fraction of sp³-hybridized carbons (Fsp3) is 0.526. The molecule has 0 aliphatic carbocycles. The second-order valence-corrected chi connectivity index (χ2v) is 9.87. The van der Waals surface area contributed by atoms with Crippen molar-refractivity contribution in [2.24, 2.45) is 0 Å². The molecule has 1 aromatic carbocycles. The van der Waals surface area contributed by atoms with E-state index in [0.717, 1.165) is 11.4 Å². The van der Waals surface area contributed by atoms with Gasteiger partial charge in [0.2, 0.25) is 15.9 Å². The summed E-state index contributed by atoms with van der Waals surface area (Å²) in [6.07, 6.45) is 0.596. The third-order valence-electron chi connectivity index (χ3n) is 4.50. The smallest absolute Gasteiger partial charge is 0.240 e. The first-order valence-electron chi connectivity index (χ1n) is 9.55. The predicted molar refractivity (Wildman–Crippen MR) is 115 cm³/mol. The first-order valence-corrected chi connectivity index (χ1v) is 11.4. The van der Waals surface area contributed by atoms with Crippen LogP contribution in [0.2, 0.25) is 0 Å². The minimum atomic E-state index is -3.65. The summed E-state index contributed by atoms with van der Waals surface area (Å²) < 4.78 is 29.6. The summed E-state index contributed by atoms with van der Waals surface area (Å²) in [6, 6.07) is 6.80. The maximum Gasteiger partial charge on any atom is 0.240 e. The molecule has 0 spiro atoms. The number of rotatable bonds is 9. The average Bonchev–Trinajstić information content (AvgIpc) is 3.00. The highest BCUT2D eigenvalue weighted by atomic mass is 32.2. The Labute approximate surface area is 177 Å². The van der Waals surface area contributed by atoms with E-state index in [2.05, 4.69) is 41.0 Å². The highest BCUT2D eigenvalue weighted by molar-refractivity contribution is 7.89. The van der Waals surface area contributed by atoms with Gasteiger partial charge in [0.25, 0.3) is 0 Å². The molecule has 0 radical (unpaired) electrons. The van der Waals surface area contributed by atoms with E-state index in [1.165, 1.54) is 0 Å². The van der Waals surface area contributed by atoms with Gasteiger partial charge < -0.3 is 9.88 Å². The van der Waals surface area contributed by atoms with Gasteiger partial charge in [-0.3, -0.25) is 9.89 Å². The van der Waals surface area contributed by atoms with Crippen molar-refractivity contribution in [3.8, 4) is 0 Å². The first-order chi connectivity index (χ1) is 13.5. The van der Waals surface area contributed by atoms with Crippen LogP contribution >= 0.6 is 12.2 Å². The fourth-order valence-electron chi connectivity index (χ4n) is 2.79. The molecular weight excluding hydrogens is 410 g/mol. The van der Waals surface area contributed by atoms with E-state index < -0.39 is 10.0 Å². The molecule has 0 unspecified atom stereocenters. The van der Waals surface area contributed by atoms with Gasteiger partial charge >= 0.3 is 0 Å². The number of carbonyl (C=O) groups excluding carboxylic acids is 1. The van der Waals surface area contributed by atoms with Crippen LogP contribution in [0.25, 0.3) is 0 Å². The molecule has 3 N–H and O–H groups in total. The van der Waals surface area contributed by atoms with Crippen LogP contribution in [0.5, 0.6) is 0 Å². The molecule has 0 aliphatic heterocycles. The van der Waals surface area contributed by atoms with E-state index in [1.54, 1.807) is 12.1 Å². The van der Waals surface area contributed by atoms with Crippen molar-refractivity contribution >= 4 is 28.1 Å². The lowest BCUT2D eigenvalue weighted by atomic mass is 9.87. The number of hydrogen-bond donors (Lipinski definition) is 3. The number of sulfonamides is 1. The Hall–Kier alpha value is -2.04. The molecule has 0 saturated heterocycles. The van der Waals surface area contributed by atoms with Gasteiger partial charge in [0.05, 0.1) is 4.90 Å². The van der Waals surface area contributed by atoms with Gasteiger partial charge in [-0.2, -0.15) is 5.10 Å². The molecule has 0 aliphatic rings. The Kier molecular flexibility index (Phi) is 7.73. The summed E-state index contributed by atoms with van der Waals surface area (Å²) in [6.45, 7) is 9.31. The van der Waals surface area contributed by atoms with Crippen LogP contribution in [0.4, 0.5) is 0 Å². The second-order valence-electron chi connectivity index (χ2n) is 7.71. The SMILES string of the molecule is CCn1c(CCNC(=O)CCNS(=O)(=O)c2ccc(C(C)(C)C)cc2)n[nH]c1=S. The van der Waals surface area contributed by atoms with Crippen molar-refractivity contribution in [1.29, 1.82) is 0 Å². The van der Waals surface area contributed by atoms with Gasteiger partial charge in [-0.05, 0) is 42.3 Å². The standard InChI is InChI=1S/C19H29N5O3S2/c1-5-24-16(22-23-18(24)28)10-12-20-17(25)11-13-21-29(26,27)15-8-6-14(7-9-15)19(2,3)4/h6-9,21H,5,10-13H2,1-4H3,(H,20,25)(H,23,28). The van der Waals surface area contributed by atoms with Gasteiger partial charge in [-0.15, -0.1) is 0 Å². The Morgan fingerprint density at radius 2 is 1.86 bits per heavy atom. The van der Waals surface area contributed by atoms with Crippen LogP contribution < -0.4 is 10.0 Å². The lowest BCUT2D eigenvalue weighted by molar-refractivity contribution is -0.120. The highest BCUT2D eigenvalue weighted by Gasteiger charge is 2.17. The van der Waals surface area contributed by atoms with E-state index >= 15 is 0 Å². The minimum Gasteiger partial charge on any atom is -0.356 e. The van der Waals surface area contributed by atoms with Crippen molar-refractivity contribution < 1.29 is 13.2 Å². The molecular formula is C19H29N5O3S2. The van der Waals surface area contributed by atoms with Gasteiger partial charge in [0.15, 0.2) is 4.77 Å². The zero-order valence-electron chi connectivity index (χ0n) is 17.3. The third kappa shape index (κ3) is 6.48. The van der Waals surface area contributed by atoms with Gasteiger partial charge in [-0.1, -0.05) is 32.9 Å². The largest absolute Gasteiger partial charge is 0.356 e. The van der Waals surface area contributed by atoms with Gasteiger partial charge in [-0.25, -0.2) is 13.1 Å². The summed E-state index contributed by atoms with van der Waals surface area (Å²) >= 11 is 5.12. The molecule has 10 heteroatoms. The number of nitrogens with one attached hydrogen (secondary N) is 3. The molecule has 0 saturated carbocycles. The zero-order valence-corrected chi connectivity index (χ0v) is 18.9. The number of aromatic amines is 1. The number of amides is 1. The number of aromatic nitrogens is 3. The lowest BCUT2D eigenvalue weighted by Crippen LogP contribution is -2.32. The summed E-state index contributed by atoms with van der Waals surface area (Å²) in [5.41, 5.74) is 1.01. The van der Waals surface area contributed by atoms with Crippen molar-refractivity contribution in [1.82, 2.24) is 24.8 Å². The normalized spacial score (nSPS) is 12.1. The number of benzene rings is 1. The summed E-state index contributed by atoms with van der Waals surface area (Å²) in [4.78, 5) is 12.2. The van der Waals surface area contributed by atoms with E-state index in [-0.39, 0.29) is 29.2 Å². The quantitative estimate of drug-likeness (QED) is 0.520. The molecule has 1 heterocycles. The van der Waals surface area contributed by atoms with Crippen molar-refractivity contribution in [2.75, 3.05) is 13.1 Å². The molecule has 0 fully saturated rings. The molecule has 2 aromatic rings. The van der Waals surface area contributed by atoms with Gasteiger partial charge in [0, 0.05) is 32.5 Å². The molecule has 0 bridgehead atoms. The molecule has 2 rings (SSSR count). The van der Waals surface area contributed by atoms with Crippen molar-refractivity contribution in [2.45, 2.75) is 57.4 Å². The Morgan fingerprint density at radius 1 is 1.21 bits per heavy atom. The summed E-state index contributed by atoms with van der Waals surface area (Å²) in [7, 11) is -3.65. The summed E-state index contributed by atoms with van der Waals surface area (Å²) in [5, 5.41) is 9.63. The topological polar surface area (TPSA) is 109 Å². The lowest BCUT2D eigenvalue weighted by Gasteiger charge is -2.19. The van der Waals surface area contributed by atoms with E-state index in [4.69, 9.17) is 12.2 Å².